The molecule has 19 heteroatoms. The van der Waals surface area contributed by atoms with Crippen molar-refractivity contribution in [3.8, 4) is 0 Å². The maximum Gasteiger partial charge on any atom is 0.472 e. The molecule has 0 fully saturated rings. The van der Waals surface area contributed by atoms with Crippen LogP contribution in [0.2, 0.25) is 0 Å². The van der Waals surface area contributed by atoms with Gasteiger partial charge in [0, 0.05) is 25.7 Å². The Labute approximate surface area is 575 Å². The van der Waals surface area contributed by atoms with Crippen molar-refractivity contribution in [1.29, 1.82) is 0 Å². The summed E-state index contributed by atoms with van der Waals surface area (Å²) < 4.78 is 68.5. The highest BCUT2D eigenvalue weighted by atomic mass is 31.2. The Bertz CT molecular complexity index is 1810. The third-order valence-electron chi connectivity index (χ3n) is 17.9. The predicted octanol–water partition coefficient (Wildman–Crippen LogP) is 22.1. The first-order chi connectivity index (χ1) is 45.6. The monoisotopic (exact) mass is 1380 g/mol. The average Bonchev–Trinajstić information content (AvgIpc) is 1.71. The molecule has 0 aliphatic rings. The van der Waals surface area contributed by atoms with Crippen LogP contribution in [0.5, 0.6) is 0 Å². The highest BCUT2D eigenvalue weighted by Gasteiger charge is 2.30. The molecule has 0 heterocycles. The van der Waals surface area contributed by atoms with Gasteiger partial charge in [0.1, 0.15) is 19.3 Å². The van der Waals surface area contributed by atoms with Gasteiger partial charge in [-0.25, -0.2) is 9.13 Å². The van der Waals surface area contributed by atoms with E-state index in [1.807, 2.05) is 0 Å². The van der Waals surface area contributed by atoms with Crippen molar-refractivity contribution in [2.45, 2.75) is 412 Å². The maximum atomic E-state index is 13.1. The summed E-state index contributed by atoms with van der Waals surface area (Å²) >= 11 is 0. The molecule has 6 atom stereocenters. The van der Waals surface area contributed by atoms with Gasteiger partial charge in [0.25, 0.3) is 0 Å². The molecule has 0 aromatic heterocycles. The topological polar surface area (TPSA) is 237 Å². The van der Waals surface area contributed by atoms with E-state index in [4.69, 9.17) is 37.0 Å². The Balaban J connectivity index is 5.25. The van der Waals surface area contributed by atoms with Crippen molar-refractivity contribution in [2.24, 2.45) is 5.92 Å². The third-order valence-corrected chi connectivity index (χ3v) is 19.8. The lowest BCUT2D eigenvalue weighted by atomic mass is 9.99. The Hall–Kier alpha value is -1.94. The van der Waals surface area contributed by atoms with Gasteiger partial charge in [-0.3, -0.25) is 37.3 Å². The molecule has 17 nitrogen and oxygen atoms in total. The second-order valence-electron chi connectivity index (χ2n) is 27.3. The number of hydrogen-bond donors (Lipinski definition) is 3. The summed E-state index contributed by atoms with van der Waals surface area (Å²) in [6.45, 7) is 7.31. The second kappa shape index (κ2) is 68.2. The molecule has 0 radical (unpaired) electrons. The van der Waals surface area contributed by atoms with E-state index < -0.39 is 97.5 Å². The van der Waals surface area contributed by atoms with Gasteiger partial charge in [-0.1, -0.05) is 343 Å². The molecule has 0 aliphatic heterocycles. The van der Waals surface area contributed by atoms with Crippen LogP contribution < -0.4 is 0 Å². The number of phosphoric acid groups is 2. The first kappa shape index (κ1) is 92.1. The summed E-state index contributed by atoms with van der Waals surface area (Å²) in [5.74, 6) is -1.31. The molecule has 0 amide bonds. The van der Waals surface area contributed by atoms with Gasteiger partial charge >= 0.3 is 39.5 Å². The van der Waals surface area contributed by atoms with Crippen molar-refractivity contribution in [1.82, 2.24) is 0 Å². The molecule has 0 bridgehead atoms. The van der Waals surface area contributed by atoms with Gasteiger partial charge < -0.3 is 33.8 Å². The average molecular weight is 1380 g/mol. The fourth-order valence-electron chi connectivity index (χ4n) is 11.5. The molecular formula is C75H146O17P2. The summed E-state index contributed by atoms with van der Waals surface area (Å²) in [7, 11) is -9.91. The van der Waals surface area contributed by atoms with E-state index in [-0.39, 0.29) is 25.7 Å². The smallest absolute Gasteiger partial charge is 0.462 e. The highest BCUT2D eigenvalue weighted by Crippen LogP contribution is 2.45. The maximum absolute atomic E-state index is 13.1. The quantitative estimate of drug-likeness (QED) is 0.0222. The zero-order valence-corrected chi connectivity index (χ0v) is 62.9. The van der Waals surface area contributed by atoms with Gasteiger partial charge in [-0.05, 0) is 31.6 Å². The number of unbranched alkanes of at least 4 members (excludes halogenated alkanes) is 46. The number of aliphatic hydroxyl groups excluding tert-OH is 1. The molecule has 558 valence electrons. The molecule has 3 unspecified atom stereocenters. The van der Waals surface area contributed by atoms with Crippen LogP contribution in [0.25, 0.3) is 0 Å². The normalized spacial score (nSPS) is 14.3. The molecule has 0 aliphatic carbocycles. The van der Waals surface area contributed by atoms with E-state index in [0.29, 0.717) is 25.7 Å². The van der Waals surface area contributed by atoms with Crippen molar-refractivity contribution >= 4 is 39.5 Å². The lowest BCUT2D eigenvalue weighted by molar-refractivity contribution is -0.161. The standard InChI is InChI=1S/C75H146O17P2/c1-6-10-13-16-19-22-25-27-29-31-33-39-44-49-54-59-73(78)86-65-71(91-74(79)60-55-50-45-40-34-32-30-28-26-23-20-17-14-11-7-2)67-90-94(83,84)88-63-69(76)62-87-93(81,82)89-66-70(64-85-72(77)58-53-48-43-38-24-21-18-15-12-8-3)92-75(80)61-56-51-46-41-36-35-37-42-47-52-57-68(5)9-4/h68-71,76H,6-67H2,1-5H3,(H,81,82)(H,83,84)/t68?,69-,70+,71+/m0/s1. The van der Waals surface area contributed by atoms with E-state index in [0.717, 1.165) is 95.8 Å². The Morgan fingerprint density at radius 1 is 0.298 bits per heavy atom. The number of rotatable bonds is 75. The van der Waals surface area contributed by atoms with Gasteiger partial charge in [0.05, 0.1) is 26.4 Å². The van der Waals surface area contributed by atoms with Crippen LogP contribution in [0.1, 0.15) is 394 Å². The van der Waals surface area contributed by atoms with E-state index in [1.165, 1.54) is 218 Å². The van der Waals surface area contributed by atoms with Crippen LogP contribution in [0, 0.1) is 5.92 Å². The van der Waals surface area contributed by atoms with E-state index in [9.17, 15) is 43.2 Å². The number of phosphoric ester groups is 2. The van der Waals surface area contributed by atoms with Crippen LogP contribution in [0.15, 0.2) is 0 Å². The van der Waals surface area contributed by atoms with E-state index in [1.54, 1.807) is 0 Å². The fraction of sp³-hybridized carbons (Fsp3) is 0.947. The minimum Gasteiger partial charge on any atom is -0.462 e. The zero-order chi connectivity index (χ0) is 69.1. The van der Waals surface area contributed by atoms with Gasteiger partial charge in [-0.2, -0.15) is 0 Å². The van der Waals surface area contributed by atoms with Gasteiger partial charge in [-0.15, -0.1) is 0 Å². The molecule has 0 saturated heterocycles. The van der Waals surface area contributed by atoms with Crippen LogP contribution in [0.4, 0.5) is 0 Å². The second-order valence-corrected chi connectivity index (χ2v) is 30.2. The number of aliphatic hydroxyl groups is 1. The summed E-state index contributed by atoms with van der Waals surface area (Å²) in [5, 5.41) is 10.6. The zero-order valence-electron chi connectivity index (χ0n) is 61.1. The van der Waals surface area contributed by atoms with Crippen LogP contribution in [-0.2, 0) is 65.4 Å². The SMILES string of the molecule is CCCCCCCCCCCCCCCCCC(=O)OC[C@H](COP(=O)(O)OC[C@@H](O)COP(=O)(O)OC[C@@H](COC(=O)CCCCCCCCCCCC)OC(=O)CCCCCCCCCCCCC(C)CC)OC(=O)CCCCCCCCCCCCCCCCC. The molecule has 0 aromatic carbocycles. The minimum absolute atomic E-state index is 0.107. The Morgan fingerprint density at radius 3 is 0.755 bits per heavy atom. The number of ether oxygens (including phenoxy) is 4. The summed E-state index contributed by atoms with van der Waals surface area (Å²) in [4.78, 5) is 72.8. The lowest BCUT2D eigenvalue weighted by Gasteiger charge is -2.21. The first-order valence-corrected chi connectivity index (χ1v) is 42.2. The number of hydrogen-bond acceptors (Lipinski definition) is 15. The molecule has 0 rings (SSSR count). The molecule has 0 saturated carbocycles. The molecule has 94 heavy (non-hydrogen) atoms. The summed E-state index contributed by atoms with van der Waals surface area (Å²) in [6, 6.07) is 0. The Morgan fingerprint density at radius 2 is 0.511 bits per heavy atom. The highest BCUT2D eigenvalue weighted by molar-refractivity contribution is 7.47. The van der Waals surface area contributed by atoms with Crippen molar-refractivity contribution < 1.29 is 80.2 Å². The van der Waals surface area contributed by atoms with Crippen molar-refractivity contribution in [3.63, 3.8) is 0 Å². The molecule has 3 N–H and O–H groups in total. The van der Waals surface area contributed by atoms with Gasteiger partial charge in [0.15, 0.2) is 12.2 Å². The first-order valence-electron chi connectivity index (χ1n) is 39.2. The number of esters is 4. The fourth-order valence-corrected chi connectivity index (χ4v) is 13.1. The van der Waals surface area contributed by atoms with E-state index in [2.05, 4.69) is 34.6 Å². The Kier molecular flexibility index (Phi) is 66.8. The predicted molar refractivity (Wildman–Crippen MR) is 382 cm³/mol. The van der Waals surface area contributed by atoms with E-state index >= 15 is 0 Å². The van der Waals surface area contributed by atoms with Crippen LogP contribution in [0.3, 0.4) is 0 Å². The van der Waals surface area contributed by atoms with Crippen LogP contribution >= 0.6 is 15.6 Å². The van der Waals surface area contributed by atoms with Gasteiger partial charge in [0.2, 0.25) is 0 Å². The van der Waals surface area contributed by atoms with Crippen LogP contribution in [-0.4, -0.2) is 96.7 Å². The minimum atomic E-state index is -4.96. The molecule has 0 aromatic rings. The lowest BCUT2D eigenvalue weighted by Crippen LogP contribution is -2.30. The number of carbonyl (C=O) groups excluding carboxylic acids is 4. The third kappa shape index (κ3) is 67.3. The summed E-state index contributed by atoms with van der Waals surface area (Å²) in [6.07, 6.45) is 56.6. The summed E-state index contributed by atoms with van der Waals surface area (Å²) in [5.41, 5.74) is 0. The molecule has 0 spiro atoms. The largest absolute Gasteiger partial charge is 0.472 e. The number of carbonyl (C=O) groups is 4. The van der Waals surface area contributed by atoms with Crippen molar-refractivity contribution in [3.05, 3.63) is 0 Å². The molecular weight excluding hydrogens is 1230 g/mol. The van der Waals surface area contributed by atoms with Crippen molar-refractivity contribution in [2.75, 3.05) is 39.6 Å².